The van der Waals surface area contributed by atoms with Crippen molar-refractivity contribution in [2.45, 2.75) is 86.1 Å². The average molecular weight is 511 g/mol. The lowest BCUT2D eigenvalue weighted by molar-refractivity contribution is 0.391. The van der Waals surface area contributed by atoms with Crippen LogP contribution in [0.2, 0.25) is 10.0 Å². The van der Waals surface area contributed by atoms with Crippen LogP contribution in [0, 0.1) is 12.7 Å². The van der Waals surface area contributed by atoms with E-state index in [-0.39, 0.29) is 10.9 Å². The van der Waals surface area contributed by atoms with Crippen LogP contribution >= 0.6 is 23.2 Å². The molecule has 0 atom stereocenters. The van der Waals surface area contributed by atoms with Crippen molar-refractivity contribution >= 4 is 29.0 Å². The Morgan fingerprint density at radius 2 is 1.68 bits per heavy atom. The number of aromatic nitrogens is 4. The number of benzene rings is 1. The Labute approximate surface area is 213 Å². The van der Waals surface area contributed by atoms with Crippen molar-refractivity contribution in [3.63, 3.8) is 0 Å². The fourth-order valence-corrected chi connectivity index (χ4v) is 4.25. The summed E-state index contributed by atoms with van der Waals surface area (Å²) in [6.07, 6.45) is 10.3. The molecule has 2 aromatic heterocycles. The predicted octanol–water partition coefficient (Wildman–Crippen LogP) is 8.65. The summed E-state index contributed by atoms with van der Waals surface area (Å²) in [6.45, 7) is 14.1. The highest BCUT2D eigenvalue weighted by Crippen LogP contribution is 2.32. The van der Waals surface area contributed by atoms with Gasteiger partial charge in [-0.15, -0.1) is 0 Å². The third-order valence-electron chi connectivity index (χ3n) is 5.16. The van der Waals surface area contributed by atoms with E-state index in [9.17, 15) is 4.39 Å². The first-order valence-electron chi connectivity index (χ1n) is 12.0. The Morgan fingerprint density at radius 1 is 1.06 bits per heavy atom. The summed E-state index contributed by atoms with van der Waals surface area (Å²) in [7, 11) is 0. The lowest BCUT2D eigenvalue weighted by atomic mass is 10.0. The molecule has 1 aromatic carbocycles. The van der Waals surface area contributed by atoms with E-state index in [2.05, 4.69) is 39.8 Å². The van der Waals surface area contributed by atoms with E-state index in [1.54, 1.807) is 6.20 Å². The minimum atomic E-state index is -0.412. The molecule has 2 N–H and O–H groups in total. The van der Waals surface area contributed by atoms with Crippen LogP contribution in [0.5, 0.6) is 0 Å². The average Bonchev–Trinajstić information content (AvgIpc) is 3.30. The van der Waals surface area contributed by atoms with Crippen molar-refractivity contribution in [3.05, 3.63) is 57.8 Å². The van der Waals surface area contributed by atoms with E-state index in [4.69, 9.17) is 28.9 Å². The van der Waals surface area contributed by atoms with E-state index in [1.165, 1.54) is 25.0 Å². The van der Waals surface area contributed by atoms with Gasteiger partial charge in [0.1, 0.15) is 11.6 Å². The maximum atomic E-state index is 12.9. The number of nitrogens with two attached hydrogens (primary N) is 1. The topological polar surface area (TPSA) is 69.6 Å². The van der Waals surface area contributed by atoms with Crippen LogP contribution < -0.4 is 5.73 Å². The smallest absolute Gasteiger partial charge is 0.144 e. The summed E-state index contributed by atoms with van der Waals surface area (Å²) in [5.41, 5.74) is 8.97. The number of halogens is 3. The van der Waals surface area contributed by atoms with Crippen LogP contribution in [0.4, 0.5) is 10.2 Å². The highest BCUT2D eigenvalue weighted by molar-refractivity contribution is 6.36. The van der Waals surface area contributed by atoms with E-state index < -0.39 is 5.82 Å². The quantitative estimate of drug-likeness (QED) is 0.323. The molecule has 0 fully saturated rings. The van der Waals surface area contributed by atoms with Gasteiger partial charge in [-0.25, -0.2) is 14.4 Å². The number of rotatable bonds is 7. The normalized spacial score (nSPS) is 10.6. The molecule has 0 amide bonds. The fourth-order valence-electron chi connectivity index (χ4n) is 3.45. The molecule has 0 unspecified atom stereocenters. The number of hydrogen-bond acceptors (Lipinski definition) is 4. The summed E-state index contributed by atoms with van der Waals surface area (Å²) in [5.74, 6) is 0.210. The molecule has 188 valence electrons. The third kappa shape index (κ3) is 8.24. The molecule has 0 saturated carbocycles. The molecule has 3 aromatic rings. The van der Waals surface area contributed by atoms with Gasteiger partial charge in [0.05, 0.1) is 34.8 Å². The molecule has 5 nitrogen and oxygen atoms in total. The fraction of sp³-hybridized carbons (Fsp3) is 0.500. The molecule has 0 aliphatic rings. The lowest BCUT2D eigenvalue weighted by Gasteiger charge is -2.15. The second-order valence-corrected chi connectivity index (χ2v) is 8.86. The Balaban J connectivity index is 0.000000353. The van der Waals surface area contributed by atoms with Crippen LogP contribution in [0.15, 0.2) is 30.7 Å². The van der Waals surface area contributed by atoms with Crippen LogP contribution in [-0.2, 0) is 0 Å². The maximum absolute atomic E-state index is 12.9. The molecule has 0 saturated heterocycles. The number of aryl methyl sites for hydroxylation is 1. The molecular weight excluding hydrogens is 472 g/mol. The summed E-state index contributed by atoms with van der Waals surface area (Å²) >= 11 is 11.6. The number of nitrogen functional groups attached to an aromatic ring is 1. The second kappa shape index (κ2) is 14.9. The van der Waals surface area contributed by atoms with E-state index in [1.807, 2.05) is 40.8 Å². The molecule has 0 aliphatic heterocycles. The van der Waals surface area contributed by atoms with Crippen molar-refractivity contribution in [2.24, 2.45) is 0 Å². The van der Waals surface area contributed by atoms with Gasteiger partial charge in [0.15, 0.2) is 0 Å². The molecule has 2 heterocycles. The van der Waals surface area contributed by atoms with Gasteiger partial charge >= 0.3 is 0 Å². The number of nitrogens with zero attached hydrogens (tertiary/aromatic N) is 4. The van der Waals surface area contributed by atoms with Crippen LogP contribution in [0.1, 0.15) is 90.4 Å². The molecule has 0 spiro atoms. The Hall–Kier alpha value is -2.18. The van der Waals surface area contributed by atoms with Gasteiger partial charge in [0, 0.05) is 16.8 Å². The zero-order valence-corrected chi connectivity index (χ0v) is 22.9. The van der Waals surface area contributed by atoms with Gasteiger partial charge in [0.25, 0.3) is 0 Å². The predicted molar refractivity (Wildman–Crippen MR) is 143 cm³/mol. The largest absolute Gasteiger partial charge is 0.382 e. The zero-order chi connectivity index (χ0) is 25.8. The van der Waals surface area contributed by atoms with Gasteiger partial charge in [-0.05, 0) is 43.4 Å². The van der Waals surface area contributed by atoms with Gasteiger partial charge in [-0.2, -0.15) is 5.10 Å². The first-order chi connectivity index (χ1) is 16.2. The van der Waals surface area contributed by atoms with Crippen molar-refractivity contribution in [1.82, 2.24) is 19.7 Å². The summed E-state index contributed by atoms with van der Waals surface area (Å²) < 4.78 is 15.0. The van der Waals surface area contributed by atoms with Gasteiger partial charge in [-0.3, -0.25) is 4.68 Å². The number of anilines is 1. The van der Waals surface area contributed by atoms with Crippen LogP contribution in [0.25, 0.3) is 11.3 Å². The molecular formula is C26H38Cl2FN5. The first kappa shape index (κ1) is 29.9. The molecule has 8 heteroatoms. The molecule has 0 bridgehead atoms. The van der Waals surface area contributed by atoms with Gasteiger partial charge in [0.2, 0.25) is 0 Å². The van der Waals surface area contributed by atoms with E-state index in [0.717, 1.165) is 29.8 Å². The number of hydrogen-bond donors (Lipinski definition) is 1. The first-order valence-corrected chi connectivity index (χ1v) is 12.7. The highest BCUT2D eigenvalue weighted by atomic mass is 35.5. The Kier molecular flexibility index (Phi) is 13.1. The van der Waals surface area contributed by atoms with Crippen molar-refractivity contribution in [1.29, 1.82) is 0 Å². The van der Waals surface area contributed by atoms with Gasteiger partial charge in [-0.1, -0.05) is 77.6 Å². The Bertz CT molecular complexity index is 1010. The molecule has 0 aliphatic carbocycles. The second-order valence-electron chi connectivity index (χ2n) is 8.08. The lowest BCUT2D eigenvalue weighted by Crippen LogP contribution is -2.09. The molecule has 0 radical (unpaired) electrons. The highest BCUT2D eigenvalue weighted by Gasteiger charge is 2.14. The minimum absolute atomic E-state index is 0.137. The monoisotopic (exact) mass is 509 g/mol. The SMILES string of the molecule is CC.CC(C)c1c(Cl)ccc(F)c1Cl.CCCC(CCC)n1cc(-c2cnc(N)c(C)n2)cn1. The standard InChI is InChI=1S/C15H23N5.C9H9Cl2F.C2H6/c1-4-6-13(7-5-2)20-10-12(8-18-20)14-9-17-15(16)11(3)19-14;1-5(2)8-6(10)3-4-7(12)9(8)11;1-2/h8-10,13H,4-7H2,1-3H3,(H2,16,17);3-5H,1-2H3;1-2H3. The molecule has 3 rings (SSSR count). The van der Waals surface area contributed by atoms with Crippen LogP contribution in [0.3, 0.4) is 0 Å². The Morgan fingerprint density at radius 3 is 2.18 bits per heavy atom. The van der Waals surface area contributed by atoms with E-state index in [0.29, 0.717) is 22.4 Å². The minimum Gasteiger partial charge on any atom is -0.382 e. The molecule has 34 heavy (non-hydrogen) atoms. The maximum Gasteiger partial charge on any atom is 0.144 e. The zero-order valence-electron chi connectivity index (χ0n) is 21.4. The summed E-state index contributed by atoms with van der Waals surface area (Å²) in [5, 5.41) is 5.16. The summed E-state index contributed by atoms with van der Waals surface area (Å²) in [4.78, 5) is 8.63. The van der Waals surface area contributed by atoms with E-state index >= 15 is 0 Å². The van der Waals surface area contributed by atoms with Crippen molar-refractivity contribution in [2.75, 3.05) is 5.73 Å². The third-order valence-corrected chi connectivity index (χ3v) is 5.87. The van der Waals surface area contributed by atoms with Crippen molar-refractivity contribution in [3.8, 4) is 11.3 Å². The van der Waals surface area contributed by atoms with Gasteiger partial charge < -0.3 is 5.73 Å². The van der Waals surface area contributed by atoms with Crippen molar-refractivity contribution < 1.29 is 4.39 Å². The summed E-state index contributed by atoms with van der Waals surface area (Å²) in [6, 6.07) is 3.27. The van der Waals surface area contributed by atoms with Crippen LogP contribution in [-0.4, -0.2) is 19.7 Å².